The van der Waals surface area contributed by atoms with Crippen molar-refractivity contribution in [1.82, 2.24) is 14.9 Å². The van der Waals surface area contributed by atoms with Crippen LogP contribution >= 0.6 is 0 Å². The first-order valence-electron chi connectivity index (χ1n) is 17.1. The zero-order valence-electron chi connectivity index (χ0n) is 31.1. The Bertz CT molecular complexity index is 1090. The summed E-state index contributed by atoms with van der Waals surface area (Å²) in [4.78, 5) is 34.6. The summed E-state index contributed by atoms with van der Waals surface area (Å²) in [6.45, 7) is 17.5. The standard InChI is InChI=1S/C18H36N2O6.C16H17N3O4.K.2O.U/c1-7-21-13-14-24-10-4-20-5-11-25-17-15-22-8-2-19(1)3-9-23-16-18-26-12-6-20;1-2-19(9-11-5-3-7-13(17-11)15(20)21)10-12-6-4-8-14(18-12)16(22)23;;;;/h1-18H2;3-8H,2,9-10H2,1H3,(H,20,21)(H,22,23);;;;/q;;+1;2*-2;. The smallest absolute Gasteiger partial charge is 1.00 e. The Morgan fingerprint density at radius 1 is 0.585 bits per heavy atom. The number of aromatic carboxylic acids is 2. The fourth-order valence-corrected chi connectivity index (χ4v) is 5.12. The van der Waals surface area contributed by atoms with Crippen molar-refractivity contribution >= 4 is 11.9 Å². The molecule has 3 aliphatic rings. The quantitative estimate of drug-likeness (QED) is 0.246. The Balaban J connectivity index is 0. The molecule has 0 atom stereocenters. The van der Waals surface area contributed by atoms with E-state index in [9.17, 15) is 19.8 Å². The summed E-state index contributed by atoms with van der Waals surface area (Å²) in [7, 11) is 0. The van der Waals surface area contributed by atoms with Gasteiger partial charge in [-0.25, -0.2) is 0 Å². The Kier molecular flexibility index (Phi) is 35.8. The number of carboxylic acids is 2. The van der Waals surface area contributed by atoms with E-state index in [1.165, 1.54) is 21.9 Å². The number of hydrogen-bond acceptors (Lipinski definition) is 13. The van der Waals surface area contributed by atoms with Crippen molar-refractivity contribution in [2.24, 2.45) is 0 Å². The molecule has 3 fully saturated rings. The van der Waals surface area contributed by atoms with E-state index in [1.807, 2.05) is 11.8 Å². The topological polar surface area (TPSA) is 231 Å². The first kappa shape index (κ1) is 54.6. The van der Waals surface area contributed by atoms with E-state index < -0.39 is 11.9 Å². The van der Waals surface area contributed by atoms with Crippen LogP contribution in [0.2, 0.25) is 0 Å². The number of rotatable bonds is 7. The van der Waals surface area contributed by atoms with Crippen molar-refractivity contribution in [3.8, 4) is 0 Å². The molecule has 0 saturated carbocycles. The number of carboxylic acid groups (broad SMARTS) is 2. The number of aromatic nitrogens is 2. The number of pyridine rings is 2. The third kappa shape index (κ3) is 25.4. The third-order valence-electron chi connectivity index (χ3n) is 7.97. The van der Waals surface area contributed by atoms with Gasteiger partial charge in [0.05, 0.1) is 114 Å². The molecule has 19 heteroatoms. The summed E-state index contributed by atoms with van der Waals surface area (Å²) in [5.74, 6) is -2.64. The van der Waals surface area contributed by atoms with Crippen LogP contribution in [0.15, 0.2) is 36.4 Å². The van der Waals surface area contributed by atoms with E-state index in [0.29, 0.717) is 70.7 Å². The molecule has 0 radical (unpaired) electrons. The van der Waals surface area contributed by atoms with Crippen molar-refractivity contribution in [2.45, 2.75) is 20.0 Å². The first-order chi connectivity index (χ1) is 23.9. The van der Waals surface area contributed by atoms with E-state index in [1.54, 1.807) is 24.3 Å². The fraction of sp³-hybridized carbons (Fsp3) is 0.647. The second-order valence-corrected chi connectivity index (χ2v) is 11.6. The molecule has 2 N–H and O–H groups in total. The van der Waals surface area contributed by atoms with Crippen molar-refractivity contribution in [3.63, 3.8) is 0 Å². The van der Waals surface area contributed by atoms with Gasteiger partial charge in [0.15, 0.2) is 0 Å². The minimum Gasteiger partial charge on any atom is -2.00 e. The minimum atomic E-state index is -1.32. The molecule has 53 heavy (non-hydrogen) atoms. The molecular weight excluding hydrogens is 948 g/mol. The maximum absolute atomic E-state index is 10.8. The van der Waals surface area contributed by atoms with E-state index in [-0.39, 0.29) is 105 Å². The zero-order valence-corrected chi connectivity index (χ0v) is 38.3. The summed E-state index contributed by atoms with van der Waals surface area (Å²) >= 11 is 0. The Morgan fingerprint density at radius 3 is 1.11 bits per heavy atom. The predicted molar refractivity (Wildman–Crippen MR) is 174 cm³/mol. The second kappa shape index (κ2) is 34.7. The number of hydrogen-bond donors (Lipinski definition) is 2. The van der Waals surface area contributed by atoms with E-state index in [2.05, 4.69) is 9.97 Å². The maximum Gasteiger partial charge on any atom is 1.00 e. The molecule has 5 heterocycles. The van der Waals surface area contributed by atoms with Crippen LogP contribution in [0, 0.1) is 31.1 Å². The molecule has 0 unspecified atom stereocenters. The van der Waals surface area contributed by atoms with Gasteiger partial charge in [-0.15, -0.1) is 0 Å². The van der Waals surface area contributed by atoms with Gasteiger partial charge in [0, 0.05) is 44.2 Å². The SMILES string of the molecule is C1COCC[NH+]2CCOCCOCC[NH+](CCO1)CCOCCOCC2.CCN(Cc1cccc(C(=O)[O-])n1)Cc1cccc(C(=O)[O-])n1.[K+].[O-2].[O-2].[U]. The van der Waals surface area contributed by atoms with Crippen LogP contribution in [-0.2, 0) is 52.5 Å². The molecule has 0 spiro atoms. The molecule has 2 aromatic rings. The van der Waals surface area contributed by atoms with Gasteiger partial charge >= 0.3 is 51.4 Å². The van der Waals surface area contributed by atoms with Crippen LogP contribution < -0.4 is 71.4 Å². The molecule has 17 nitrogen and oxygen atoms in total. The fourth-order valence-electron chi connectivity index (χ4n) is 5.12. The van der Waals surface area contributed by atoms with Gasteiger partial charge in [-0.1, -0.05) is 19.1 Å². The van der Waals surface area contributed by atoms with Gasteiger partial charge in [-0.3, -0.25) is 14.9 Å². The molecule has 0 amide bonds. The second-order valence-electron chi connectivity index (χ2n) is 11.6. The van der Waals surface area contributed by atoms with E-state index >= 15 is 0 Å². The van der Waals surface area contributed by atoms with Crippen LogP contribution in [0.1, 0.15) is 39.3 Å². The molecule has 0 aliphatic carbocycles. The van der Waals surface area contributed by atoms with Crippen LogP contribution in [0.25, 0.3) is 0 Å². The predicted octanol–water partition coefficient (Wildman–Crippen LogP) is -7.12. The Hall–Kier alpha value is -0.512. The summed E-state index contributed by atoms with van der Waals surface area (Å²) < 4.78 is 34.4. The summed E-state index contributed by atoms with van der Waals surface area (Å²) in [6, 6.07) is 9.41. The molecule has 2 bridgehead atoms. The van der Waals surface area contributed by atoms with Crippen molar-refractivity contribution in [1.29, 1.82) is 0 Å². The summed E-state index contributed by atoms with van der Waals surface area (Å²) in [5.41, 5.74) is 0.945. The maximum atomic E-state index is 10.8. The molecule has 3 saturated heterocycles. The van der Waals surface area contributed by atoms with Gasteiger partial charge in [0.2, 0.25) is 0 Å². The first-order valence-corrected chi connectivity index (χ1v) is 17.1. The average molecular weight is 1000 g/mol. The zero-order chi connectivity index (χ0) is 34.9. The number of nitrogens with zero attached hydrogens (tertiary/aromatic N) is 3. The van der Waals surface area contributed by atoms with Crippen molar-refractivity contribution in [2.75, 3.05) is 125 Å². The number of quaternary nitrogens is 2. The molecule has 3 aliphatic heterocycles. The van der Waals surface area contributed by atoms with Gasteiger partial charge in [-0.05, 0) is 30.8 Å². The van der Waals surface area contributed by atoms with Gasteiger partial charge in [0.1, 0.15) is 39.3 Å². The normalized spacial score (nSPS) is 19.6. The molecular formula is C34H53KN5O12U-3. The Morgan fingerprint density at radius 2 is 0.868 bits per heavy atom. The van der Waals surface area contributed by atoms with E-state index in [0.717, 1.165) is 78.9 Å². The number of nitrogens with one attached hydrogen (secondary N) is 2. The minimum absolute atomic E-state index is 0. The number of carbonyl (C=O) groups is 2. The van der Waals surface area contributed by atoms with E-state index in [4.69, 9.17) is 28.4 Å². The molecule has 294 valence electrons. The van der Waals surface area contributed by atoms with Crippen LogP contribution in [0.4, 0.5) is 0 Å². The number of ether oxygens (including phenoxy) is 6. The van der Waals surface area contributed by atoms with Crippen molar-refractivity contribution in [3.05, 3.63) is 59.2 Å². The third-order valence-corrected chi connectivity index (χ3v) is 7.97. The monoisotopic (exact) mass is 1000 g/mol. The molecule has 2 aromatic heterocycles. The average Bonchev–Trinajstić information content (AvgIpc) is 3.10. The Labute approximate surface area is 378 Å². The van der Waals surface area contributed by atoms with Crippen LogP contribution in [0.3, 0.4) is 0 Å². The van der Waals surface area contributed by atoms with Gasteiger partial charge in [-0.2, -0.15) is 0 Å². The van der Waals surface area contributed by atoms with Gasteiger partial charge < -0.3 is 69.0 Å². The van der Waals surface area contributed by atoms with Crippen LogP contribution in [0.5, 0.6) is 0 Å². The molecule has 5 rings (SSSR count). The van der Waals surface area contributed by atoms with Crippen LogP contribution in [-0.4, -0.2) is 152 Å². The summed E-state index contributed by atoms with van der Waals surface area (Å²) in [6.07, 6.45) is 0. The largest absolute Gasteiger partial charge is 2.00 e. The number of fused-ring (bicyclic) bond motifs is 21. The van der Waals surface area contributed by atoms with Crippen molar-refractivity contribution < 1.29 is 151 Å². The summed E-state index contributed by atoms with van der Waals surface area (Å²) in [5, 5.41) is 21.7. The van der Waals surface area contributed by atoms with Gasteiger partial charge in [0.25, 0.3) is 0 Å². The number of carbonyl (C=O) groups excluding carboxylic acids is 2. The molecule has 0 aromatic carbocycles.